The summed E-state index contributed by atoms with van der Waals surface area (Å²) in [5, 5.41) is 4.41. The van der Waals surface area contributed by atoms with E-state index >= 15 is 0 Å². The van der Waals surface area contributed by atoms with E-state index in [1.54, 1.807) is 4.90 Å². The van der Waals surface area contributed by atoms with Gasteiger partial charge in [-0.3, -0.25) is 4.68 Å². The third-order valence-corrected chi connectivity index (χ3v) is 3.76. The lowest BCUT2D eigenvalue weighted by Crippen LogP contribution is -2.41. The SMILES string of the molecule is Cc1nn2c(c1Br)CN(C(=O)OC(C)(C)C)CC2. The predicted octanol–water partition coefficient (Wildman–Crippen LogP) is 2.70. The molecule has 0 radical (unpaired) electrons. The van der Waals surface area contributed by atoms with Crippen molar-refractivity contribution in [1.82, 2.24) is 14.7 Å². The van der Waals surface area contributed by atoms with Crippen molar-refractivity contribution < 1.29 is 9.53 Å². The zero-order valence-electron chi connectivity index (χ0n) is 11.2. The Labute approximate surface area is 115 Å². The molecular weight excluding hydrogens is 298 g/mol. The van der Waals surface area contributed by atoms with E-state index in [2.05, 4.69) is 21.0 Å². The van der Waals surface area contributed by atoms with Gasteiger partial charge in [0.1, 0.15) is 5.60 Å². The molecule has 0 unspecified atom stereocenters. The lowest BCUT2D eigenvalue weighted by molar-refractivity contribution is 0.0194. The van der Waals surface area contributed by atoms with Gasteiger partial charge in [-0.2, -0.15) is 5.10 Å². The molecule has 2 rings (SSSR count). The first-order valence-electron chi connectivity index (χ1n) is 5.97. The summed E-state index contributed by atoms with van der Waals surface area (Å²) in [7, 11) is 0. The van der Waals surface area contributed by atoms with Crippen LogP contribution in [0.4, 0.5) is 4.79 Å². The normalized spacial score (nSPS) is 15.5. The molecule has 1 aliphatic heterocycles. The number of ether oxygens (including phenoxy) is 1. The quantitative estimate of drug-likeness (QED) is 0.739. The molecule has 1 aromatic rings. The summed E-state index contributed by atoms with van der Waals surface area (Å²) in [5.41, 5.74) is 1.53. The van der Waals surface area contributed by atoms with Gasteiger partial charge in [0.05, 0.1) is 29.0 Å². The third-order valence-electron chi connectivity index (χ3n) is 2.73. The standard InChI is InChI=1S/C12H18BrN3O2/c1-8-10(13)9-7-15(5-6-16(9)14-8)11(17)18-12(2,3)4/h5-7H2,1-4H3. The van der Waals surface area contributed by atoms with Crippen molar-refractivity contribution in [2.24, 2.45) is 0 Å². The van der Waals surface area contributed by atoms with Crippen molar-refractivity contribution in [1.29, 1.82) is 0 Å². The zero-order valence-corrected chi connectivity index (χ0v) is 12.7. The minimum Gasteiger partial charge on any atom is -0.444 e. The fourth-order valence-electron chi connectivity index (χ4n) is 1.90. The highest BCUT2D eigenvalue weighted by molar-refractivity contribution is 9.10. The second-order valence-electron chi connectivity index (χ2n) is 5.47. The summed E-state index contributed by atoms with van der Waals surface area (Å²) in [5.74, 6) is 0. The molecule has 0 fully saturated rings. The first-order valence-corrected chi connectivity index (χ1v) is 6.77. The van der Waals surface area contributed by atoms with Crippen molar-refractivity contribution >= 4 is 22.0 Å². The number of carbonyl (C=O) groups is 1. The number of carbonyl (C=O) groups excluding carboxylic acids is 1. The van der Waals surface area contributed by atoms with E-state index in [0.29, 0.717) is 19.6 Å². The maximum atomic E-state index is 12.0. The maximum absolute atomic E-state index is 12.0. The number of fused-ring (bicyclic) bond motifs is 1. The summed E-state index contributed by atoms with van der Waals surface area (Å²) >= 11 is 3.51. The number of aromatic nitrogens is 2. The molecule has 1 amide bonds. The van der Waals surface area contributed by atoms with Gasteiger partial charge in [-0.25, -0.2) is 4.79 Å². The summed E-state index contributed by atoms with van der Waals surface area (Å²) in [6, 6.07) is 0. The van der Waals surface area contributed by atoms with Gasteiger partial charge >= 0.3 is 6.09 Å². The van der Waals surface area contributed by atoms with Crippen LogP contribution < -0.4 is 0 Å². The molecule has 0 aliphatic carbocycles. The molecule has 1 aliphatic rings. The number of hydrogen-bond acceptors (Lipinski definition) is 3. The van der Waals surface area contributed by atoms with Crippen LogP contribution in [0.2, 0.25) is 0 Å². The van der Waals surface area contributed by atoms with E-state index in [1.165, 1.54) is 0 Å². The van der Waals surface area contributed by atoms with Gasteiger partial charge in [-0.15, -0.1) is 0 Å². The van der Waals surface area contributed by atoms with Crippen LogP contribution in [0.5, 0.6) is 0 Å². The molecule has 0 bridgehead atoms. The van der Waals surface area contributed by atoms with Crippen molar-refractivity contribution in [3.8, 4) is 0 Å². The monoisotopic (exact) mass is 315 g/mol. The number of nitrogens with zero attached hydrogens (tertiary/aromatic N) is 3. The fraction of sp³-hybridized carbons (Fsp3) is 0.667. The van der Waals surface area contributed by atoms with Gasteiger partial charge in [-0.1, -0.05) is 0 Å². The highest BCUT2D eigenvalue weighted by Gasteiger charge is 2.28. The van der Waals surface area contributed by atoms with Crippen molar-refractivity contribution in [3.63, 3.8) is 0 Å². The Kier molecular flexibility index (Phi) is 3.40. The van der Waals surface area contributed by atoms with Crippen LogP contribution in [-0.4, -0.2) is 32.9 Å². The van der Waals surface area contributed by atoms with Crippen LogP contribution in [0.1, 0.15) is 32.2 Å². The van der Waals surface area contributed by atoms with E-state index in [9.17, 15) is 4.79 Å². The molecule has 18 heavy (non-hydrogen) atoms. The van der Waals surface area contributed by atoms with Crippen LogP contribution in [-0.2, 0) is 17.8 Å². The Bertz CT molecular complexity index is 476. The highest BCUT2D eigenvalue weighted by atomic mass is 79.9. The summed E-state index contributed by atoms with van der Waals surface area (Å²) in [6.07, 6.45) is -0.264. The zero-order chi connectivity index (χ0) is 13.5. The van der Waals surface area contributed by atoms with E-state index in [1.807, 2.05) is 32.4 Å². The Morgan fingerprint density at radius 3 is 2.67 bits per heavy atom. The molecule has 0 saturated heterocycles. The first kappa shape index (κ1) is 13.4. The van der Waals surface area contributed by atoms with Gasteiger partial charge in [0.25, 0.3) is 0 Å². The van der Waals surface area contributed by atoms with Gasteiger partial charge in [-0.05, 0) is 43.6 Å². The third kappa shape index (κ3) is 2.68. The number of amides is 1. The molecule has 2 heterocycles. The van der Waals surface area contributed by atoms with Crippen molar-refractivity contribution in [2.75, 3.05) is 6.54 Å². The van der Waals surface area contributed by atoms with Crippen LogP contribution >= 0.6 is 15.9 Å². The van der Waals surface area contributed by atoms with Crippen LogP contribution in [0.15, 0.2) is 4.47 Å². The Morgan fingerprint density at radius 1 is 1.39 bits per heavy atom. The Balaban J connectivity index is 2.12. The van der Waals surface area contributed by atoms with E-state index in [4.69, 9.17) is 4.74 Å². The molecule has 0 saturated carbocycles. The minimum atomic E-state index is -0.456. The molecule has 100 valence electrons. The molecule has 0 atom stereocenters. The van der Waals surface area contributed by atoms with Crippen LogP contribution in [0, 0.1) is 6.92 Å². The van der Waals surface area contributed by atoms with Gasteiger partial charge < -0.3 is 9.64 Å². The average Bonchev–Trinajstić information content (AvgIpc) is 2.52. The van der Waals surface area contributed by atoms with Crippen LogP contribution in [0.25, 0.3) is 0 Å². The molecule has 1 aromatic heterocycles. The lowest BCUT2D eigenvalue weighted by atomic mass is 10.2. The van der Waals surface area contributed by atoms with Gasteiger partial charge in [0.15, 0.2) is 0 Å². The lowest BCUT2D eigenvalue weighted by Gasteiger charge is -2.30. The smallest absolute Gasteiger partial charge is 0.410 e. The molecule has 0 spiro atoms. The first-order chi connectivity index (χ1) is 8.28. The largest absolute Gasteiger partial charge is 0.444 e. The number of halogens is 1. The molecular formula is C12H18BrN3O2. The highest BCUT2D eigenvalue weighted by Crippen LogP contribution is 2.25. The summed E-state index contributed by atoms with van der Waals surface area (Å²) in [6.45, 7) is 9.46. The van der Waals surface area contributed by atoms with Crippen molar-refractivity contribution in [3.05, 3.63) is 15.9 Å². The minimum absolute atomic E-state index is 0.264. The number of hydrogen-bond donors (Lipinski definition) is 0. The second kappa shape index (κ2) is 4.57. The van der Waals surface area contributed by atoms with E-state index in [0.717, 1.165) is 15.9 Å². The molecule has 5 nitrogen and oxygen atoms in total. The molecule has 0 aromatic carbocycles. The van der Waals surface area contributed by atoms with E-state index in [-0.39, 0.29) is 6.09 Å². The van der Waals surface area contributed by atoms with Crippen molar-refractivity contribution in [2.45, 2.75) is 46.4 Å². The van der Waals surface area contributed by atoms with E-state index < -0.39 is 5.60 Å². The topological polar surface area (TPSA) is 47.4 Å². The average molecular weight is 316 g/mol. The number of aryl methyl sites for hydroxylation is 1. The predicted molar refractivity (Wildman–Crippen MR) is 71.3 cm³/mol. The number of rotatable bonds is 0. The molecule has 6 heteroatoms. The van der Waals surface area contributed by atoms with Crippen LogP contribution in [0.3, 0.4) is 0 Å². The summed E-state index contributed by atoms with van der Waals surface area (Å²) in [4.78, 5) is 13.7. The maximum Gasteiger partial charge on any atom is 0.410 e. The van der Waals surface area contributed by atoms with Gasteiger partial charge in [0, 0.05) is 6.54 Å². The summed E-state index contributed by atoms with van der Waals surface area (Å²) < 4.78 is 8.31. The molecule has 0 N–H and O–H groups in total. The second-order valence-corrected chi connectivity index (χ2v) is 6.26. The van der Waals surface area contributed by atoms with Gasteiger partial charge in [0.2, 0.25) is 0 Å². The Morgan fingerprint density at radius 2 is 2.06 bits per heavy atom. The Hall–Kier alpha value is -1.04. The fourth-order valence-corrected chi connectivity index (χ4v) is 2.31.